The van der Waals surface area contributed by atoms with Gasteiger partial charge < -0.3 is 10.6 Å². The number of amidine groups is 1. The van der Waals surface area contributed by atoms with Gasteiger partial charge in [-0.3, -0.25) is 24.6 Å². The van der Waals surface area contributed by atoms with E-state index in [2.05, 4.69) is 5.16 Å². The summed E-state index contributed by atoms with van der Waals surface area (Å²) in [4.78, 5) is 52.5. The lowest BCUT2D eigenvalue weighted by Gasteiger charge is -2.14. The number of nitrogens with two attached hydrogens (primary N) is 1. The number of nitrogens with zero attached hydrogens (tertiary/aromatic N) is 3. The summed E-state index contributed by atoms with van der Waals surface area (Å²) in [5.74, 6) is -2.23. The van der Waals surface area contributed by atoms with E-state index >= 15 is 0 Å². The maximum atomic E-state index is 12.3. The first-order chi connectivity index (χ1) is 13.4. The molecule has 2 aliphatic rings. The number of nitro groups is 1. The van der Waals surface area contributed by atoms with Crippen molar-refractivity contribution < 1.29 is 24.1 Å². The molecule has 1 fully saturated rings. The third-order valence-electron chi connectivity index (χ3n) is 4.74. The highest BCUT2D eigenvalue weighted by molar-refractivity contribution is 6.05. The van der Waals surface area contributed by atoms with E-state index in [0.717, 1.165) is 4.90 Å². The zero-order chi connectivity index (χ0) is 20.3. The van der Waals surface area contributed by atoms with Gasteiger partial charge in [-0.25, -0.2) is 4.79 Å². The lowest BCUT2D eigenvalue weighted by molar-refractivity contribution is -0.384. The summed E-state index contributed by atoms with van der Waals surface area (Å²) in [6, 6.07) is 5.40. The Balaban J connectivity index is 1.55. The maximum absolute atomic E-state index is 12.3. The fourth-order valence-corrected chi connectivity index (χ4v) is 3.27. The normalized spacial score (nSPS) is 21.6. The molecule has 2 atom stereocenters. The van der Waals surface area contributed by atoms with E-state index < -0.39 is 10.9 Å². The molecule has 2 amide bonds. The van der Waals surface area contributed by atoms with Gasteiger partial charge in [-0.1, -0.05) is 29.4 Å². The molecule has 10 nitrogen and oxygen atoms in total. The number of fused-ring (bicyclic) bond motifs is 1. The molecule has 1 aromatic carbocycles. The first-order valence-electron chi connectivity index (χ1n) is 8.67. The number of oxime groups is 1. The molecule has 1 aliphatic carbocycles. The largest absolute Gasteiger partial charge is 0.380 e. The molecule has 1 aromatic rings. The van der Waals surface area contributed by atoms with Gasteiger partial charge in [0.25, 0.3) is 5.69 Å². The van der Waals surface area contributed by atoms with Crippen LogP contribution in [0, 0.1) is 22.0 Å². The number of carbonyl (C=O) groups is 3. The number of imide groups is 1. The van der Waals surface area contributed by atoms with Gasteiger partial charge in [0, 0.05) is 24.2 Å². The number of benzene rings is 1. The molecule has 0 saturated carbocycles. The Morgan fingerprint density at radius 3 is 2.50 bits per heavy atom. The predicted molar refractivity (Wildman–Crippen MR) is 96.6 cm³/mol. The number of carbonyl (C=O) groups excluding carboxylic acids is 3. The Hall–Kier alpha value is -3.56. The Kier molecular flexibility index (Phi) is 5.48. The Morgan fingerprint density at radius 2 is 1.89 bits per heavy atom. The molecule has 1 heterocycles. The van der Waals surface area contributed by atoms with Crippen LogP contribution in [0.15, 0.2) is 41.6 Å². The molecule has 1 aliphatic heterocycles. The molecule has 0 radical (unpaired) electrons. The Labute approximate surface area is 159 Å². The number of nitro benzene ring substituents is 1. The van der Waals surface area contributed by atoms with E-state index in [4.69, 9.17) is 10.6 Å². The van der Waals surface area contributed by atoms with Crippen molar-refractivity contribution in [1.82, 2.24) is 4.90 Å². The number of non-ortho nitro benzene ring substituents is 1. The van der Waals surface area contributed by atoms with Gasteiger partial charge in [-0.2, -0.15) is 0 Å². The summed E-state index contributed by atoms with van der Waals surface area (Å²) in [6.45, 7) is -0.0876. The zero-order valence-electron chi connectivity index (χ0n) is 14.8. The van der Waals surface area contributed by atoms with Crippen molar-refractivity contribution in [1.29, 1.82) is 0 Å². The molecule has 10 heteroatoms. The lowest BCUT2D eigenvalue weighted by atomic mass is 9.85. The maximum Gasteiger partial charge on any atom is 0.336 e. The van der Waals surface area contributed by atoms with Crippen LogP contribution in [0.3, 0.4) is 0 Å². The fourth-order valence-electron chi connectivity index (χ4n) is 3.27. The predicted octanol–water partition coefficient (Wildman–Crippen LogP) is 1.10. The molecule has 1 saturated heterocycles. The summed E-state index contributed by atoms with van der Waals surface area (Å²) < 4.78 is 0. The van der Waals surface area contributed by atoms with Crippen LogP contribution in [-0.2, 0) is 19.2 Å². The van der Waals surface area contributed by atoms with Crippen LogP contribution in [0.25, 0.3) is 0 Å². The van der Waals surface area contributed by atoms with E-state index in [1.807, 2.05) is 12.2 Å². The van der Waals surface area contributed by atoms with Gasteiger partial charge in [0.1, 0.15) is 0 Å². The number of hydrogen-bond donors (Lipinski definition) is 1. The number of rotatable bonds is 6. The van der Waals surface area contributed by atoms with Crippen molar-refractivity contribution in [2.75, 3.05) is 6.54 Å². The third kappa shape index (κ3) is 3.90. The molecule has 3 rings (SSSR count). The van der Waals surface area contributed by atoms with Crippen LogP contribution in [0.5, 0.6) is 0 Å². The Morgan fingerprint density at radius 1 is 1.25 bits per heavy atom. The average Bonchev–Trinajstić information content (AvgIpc) is 2.95. The molecule has 2 N–H and O–H groups in total. The molecule has 0 aromatic heterocycles. The van der Waals surface area contributed by atoms with Crippen LogP contribution in [0.1, 0.15) is 24.8 Å². The van der Waals surface area contributed by atoms with E-state index in [1.54, 1.807) is 0 Å². The second kappa shape index (κ2) is 7.99. The minimum absolute atomic E-state index is 0.0876. The van der Waals surface area contributed by atoms with E-state index in [-0.39, 0.29) is 53.7 Å². The Bertz CT molecular complexity index is 868. The molecule has 0 unspecified atom stereocenters. The first kappa shape index (κ1) is 19.2. The molecular weight excluding hydrogens is 368 g/mol. The van der Waals surface area contributed by atoms with Crippen molar-refractivity contribution in [2.45, 2.75) is 19.3 Å². The van der Waals surface area contributed by atoms with Crippen LogP contribution in [0.2, 0.25) is 0 Å². The third-order valence-corrected chi connectivity index (χ3v) is 4.74. The summed E-state index contributed by atoms with van der Waals surface area (Å²) in [6.07, 6.45) is 4.60. The average molecular weight is 386 g/mol. The molecule has 0 bridgehead atoms. The van der Waals surface area contributed by atoms with Crippen molar-refractivity contribution >= 4 is 29.3 Å². The van der Waals surface area contributed by atoms with Gasteiger partial charge in [0.2, 0.25) is 11.8 Å². The standard InChI is InChI=1S/C18H18N4O6/c19-16(11-4-3-5-12(10-11)22(26)27)20-28-15(23)8-9-21-17(24)13-6-1-2-7-14(13)18(21)25/h1-5,10,13-14H,6-9H2,(H2,19,20)/t13-,14-/m1/s1. The smallest absolute Gasteiger partial charge is 0.336 e. The van der Waals surface area contributed by atoms with Gasteiger partial charge >= 0.3 is 5.97 Å². The van der Waals surface area contributed by atoms with Crippen LogP contribution >= 0.6 is 0 Å². The van der Waals surface area contributed by atoms with Gasteiger partial charge in [-0.15, -0.1) is 0 Å². The molecule has 146 valence electrons. The SMILES string of the molecule is N/C(=N/OC(=O)CCN1C(=O)[C@@H]2CC=CC[C@H]2C1=O)c1cccc([N+](=O)[O-])c1. The number of hydrogen-bond acceptors (Lipinski definition) is 7. The highest BCUT2D eigenvalue weighted by Gasteiger charge is 2.46. The van der Waals surface area contributed by atoms with Crippen molar-refractivity contribution in [3.8, 4) is 0 Å². The quantitative estimate of drug-likeness (QED) is 0.146. The van der Waals surface area contributed by atoms with Gasteiger partial charge in [0.05, 0.1) is 23.2 Å². The second-order valence-electron chi connectivity index (χ2n) is 6.48. The van der Waals surface area contributed by atoms with E-state index in [1.165, 1.54) is 24.3 Å². The number of allylic oxidation sites excluding steroid dienone is 2. The minimum atomic E-state index is -0.776. The van der Waals surface area contributed by atoms with Crippen molar-refractivity contribution in [3.63, 3.8) is 0 Å². The van der Waals surface area contributed by atoms with Crippen LogP contribution < -0.4 is 5.73 Å². The van der Waals surface area contributed by atoms with E-state index in [0.29, 0.717) is 12.8 Å². The summed E-state index contributed by atoms with van der Waals surface area (Å²) in [5.41, 5.74) is 5.73. The zero-order valence-corrected chi connectivity index (χ0v) is 14.8. The first-order valence-corrected chi connectivity index (χ1v) is 8.67. The highest BCUT2D eigenvalue weighted by atomic mass is 16.7. The lowest BCUT2D eigenvalue weighted by Crippen LogP contribution is -2.33. The van der Waals surface area contributed by atoms with Gasteiger partial charge in [-0.05, 0) is 12.8 Å². The molecular formula is C18H18N4O6. The fraction of sp³-hybridized carbons (Fsp3) is 0.333. The number of likely N-dealkylation sites (tertiary alicyclic amines) is 1. The minimum Gasteiger partial charge on any atom is -0.380 e. The monoisotopic (exact) mass is 386 g/mol. The van der Waals surface area contributed by atoms with Gasteiger partial charge in [0.15, 0.2) is 5.84 Å². The number of amides is 2. The highest BCUT2D eigenvalue weighted by Crippen LogP contribution is 2.35. The summed E-state index contributed by atoms with van der Waals surface area (Å²) >= 11 is 0. The van der Waals surface area contributed by atoms with Crippen LogP contribution in [-0.4, -0.2) is 40.0 Å². The second-order valence-corrected chi connectivity index (χ2v) is 6.48. The van der Waals surface area contributed by atoms with Crippen molar-refractivity contribution in [2.24, 2.45) is 22.7 Å². The topological polar surface area (TPSA) is 145 Å². The summed E-state index contributed by atoms with van der Waals surface area (Å²) in [7, 11) is 0. The van der Waals surface area contributed by atoms with Crippen LogP contribution in [0.4, 0.5) is 5.69 Å². The van der Waals surface area contributed by atoms with Crippen molar-refractivity contribution in [3.05, 3.63) is 52.1 Å². The molecule has 0 spiro atoms. The molecule has 28 heavy (non-hydrogen) atoms. The summed E-state index contributed by atoms with van der Waals surface area (Å²) in [5, 5.41) is 14.2. The van der Waals surface area contributed by atoms with E-state index in [9.17, 15) is 24.5 Å².